The molecule has 5 N–H and O–H groups in total. The molecule has 0 radical (unpaired) electrons. The van der Waals surface area contributed by atoms with Gasteiger partial charge in [-0.1, -0.05) is 11.8 Å². The van der Waals surface area contributed by atoms with Gasteiger partial charge in [-0.05, 0) is 12.1 Å². The highest BCUT2D eigenvalue weighted by Crippen LogP contribution is 2.34. The lowest BCUT2D eigenvalue weighted by Gasteiger charge is -2.42. The number of benzene rings is 1. The van der Waals surface area contributed by atoms with Crippen molar-refractivity contribution in [1.82, 2.24) is 15.5 Å². The summed E-state index contributed by atoms with van der Waals surface area (Å²) < 4.78 is 51.0. The number of nitriles is 1. The molecule has 35 heavy (non-hydrogen) atoms. The normalized spacial score (nSPS) is 24.5. The summed E-state index contributed by atoms with van der Waals surface area (Å²) in [6, 6.07) is 3.25. The number of halogens is 3. The van der Waals surface area contributed by atoms with Crippen LogP contribution < -0.4 is 10.1 Å². The minimum Gasteiger partial charge on any atom is -0.494 e. The monoisotopic (exact) mass is 512 g/mol. The first kappa shape index (κ1) is 26.3. The Morgan fingerprint density at radius 1 is 1.29 bits per heavy atom. The van der Waals surface area contributed by atoms with Gasteiger partial charge in [0, 0.05) is 17.8 Å². The number of thioether (sulfide) groups is 1. The molecule has 1 fully saturated rings. The van der Waals surface area contributed by atoms with Crippen molar-refractivity contribution >= 4 is 17.5 Å². The molecule has 5 atom stereocenters. The van der Waals surface area contributed by atoms with Crippen LogP contribution in [0.15, 0.2) is 34.5 Å². The Morgan fingerprint density at radius 3 is 2.54 bits per heavy atom. The van der Waals surface area contributed by atoms with E-state index in [9.17, 15) is 28.5 Å². The van der Waals surface area contributed by atoms with Crippen LogP contribution in [0.3, 0.4) is 0 Å². The number of rotatable bonds is 8. The van der Waals surface area contributed by atoms with Crippen LogP contribution in [0.1, 0.15) is 11.3 Å². The fraction of sp³-hybridized carbons (Fsp3) is 0.350. The van der Waals surface area contributed by atoms with Crippen LogP contribution in [0.4, 0.5) is 13.2 Å². The summed E-state index contributed by atoms with van der Waals surface area (Å²) in [5.41, 5.74) is 5.51. The number of nitrogens with zero attached hydrogens (tertiary/aromatic N) is 4. The van der Waals surface area contributed by atoms with E-state index in [4.69, 9.17) is 20.3 Å². The fourth-order valence-electron chi connectivity index (χ4n) is 3.21. The van der Waals surface area contributed by atoms with E-state index < -0.39 is 53.8 Å². The van der Waals surface area contributed by atoms with E-state index in [0.717, 1.165) is 18.0 Å². The third-order valence-corrected chi connectivity index (χ3v) is 6.06. The lowest BCUT2D eigenvalue weighted by molar-refractivity contribution is -0.164. The maximum atomic E-state index is 13.6. The van der Waals surface area contributed by atoms with E-state index in [1.807, 2.05) is 6.07 Å². The standard InChI is InChI=1S/C20H19F3N6O5S/c1-33-13-4-15(29-28-11(13)5-24)35-20-19(32)17(18(31)14(7-30)34-20)26-6-12(27-25)8-2-9(21)16(23)10(22)3-8/h2-4,6,14,17-20,25-26,30-32H,7H2,1H3/b12-6-,27-25?/t14?,17?,18-,19?,20+/m0/s1. The molecule has 2 aromatic rings. The first-order valence-corrected chi connectivity index (χ1v) is 10.7. The van der Waals surface area contributed by atoms with Crippen molar-refractivity contribution in [2.45, 2.75) is 34.8 Å². The molecular formula is C20H19F3N6O5S. The smallest absolute Gasteiger partial charge is 0.204 e. The Kier molecular flexibility index (Phi) is 8.59. The Balaban J connectivity index is 1.85. The van der Waals surface area contributed by atoms with Gasteiger partial charge in [0.25, 0.3) is 0 Å². The highest BCUT2D eigenvalue weighted by molar-refractivity contribution is 7.99. The second kappa shape index (κ2) is 11.4. The van der Waals surface area contributed by atoms with Gasteiger partial charge in [0.05, 0.1) is 19.8 Å². The Morgan fingerprint density at radius 2 is 1.97 bits per heavy atom. The van der Waals surface area contributed by atoms with Gasteiger partial charge in [0.1, 0.15) is 40.5 Å². The molecule has 0 amide bonds. The minimum atomic E-state index is -1.69. The molecule has 0 bridgehead atoms. The van der Waals surface area contributed by atoms with E-state index in [1.165, 1.54) is 13.2 Å². The number of hydrogen-bond acceptors (Lipinski definition) is 12. The van der Waals surface area contributed by atoms with E-state index in [0.29, 0.717) is 12.1 Å². The number of ether oxygens (including phenoxy) is 2. The molecule has 3 rings (SSSR count). The number of methoxy groups -OCH3 is 1. The lowest BCUT2D eigenvalue weighted by Crippen LogP contribution is -2.62. The van der Waals surface area contributed by atoms with Crippen LogP contribution in [0.25, 0.3) is 5.70 Å². The third-order valence-electron chi connectivity index (χ3n) is 5.00. The van der Waals surface area contributed by atoms with Gasteiger partial charge in [-0.2, -0.15) is 10.4 Å². The van der Waals surface area contributed by atoms with Crippen molar-refractivity contribution in [3.63, 3.8) is 0 Å². The van der Waals surface area contributed by atoms with E-state index in [2.05, 4.69) is 20.6 Å². The van der Waals surface area contributed by atoms with Gasteiger partial charge in [0.2, 0.25) is 5.69 Å². The van der Waals surface area contributed by atoms with E-state index in [-0.39, 0.29) is 27.7 Å². The molecule has 1 aliphatic rings. The van der Waals surface area contributed by atoms with Crippen molar-refractivity contribution < 1.29 is 38.0 Å². The Bertz CT molecular complexity index is 1140. The number of aromatic nitrogens is 2. The average Bonchev–Trinajstić information content (AvgIpc) is 2.85. The SMILES string of the molecule is COc1cc(S[C@H]2OC(CO)[C@H](O)C(N/C=C(\N=N)c3cc(F)c(F)c(F)c3)C2O)nnc1C#N. The number of nitrogens with one attached hydrogen (secondary N) is 2. The number of aliphatic hydroxyl groups is 3. The summed E-state index contributed by atoms with van der Waals surface area (Å²) in [6.45, 7) is -0.626. The molecule has 1 saturated heterocycles. The predicted octanol–water partition coefficient (Wildman–Crippen LogP) is 1.29. The van der Waals surface area contributed by atoms with Gasteiger partial charge in [0.15, 0.2) is 23.2 Å². The molecule has 2 heterocycles. The molecule has 3 unspecified atom stereocenters. The first-order chi connectivity index (χ1) is 16.7. The Hall–Kier alpha value is -3.29. The minimum absolute atomic E-state index is 0.0596. The van der Waals surface area contributed by atoms with Crippen molar-refractivity contribution in [3.8, 4) is 11.8 Å². The molecule has 0 aliphatic carbocycles. The Labute approximate surface area is 200 Å². The van der Waals surface area contributed by atoms with Crippen LogP contribution in [-0.4, -0.2) is 69.0 Å². The van der Waals surface area contributed by atoms with E-state index >= 15 is 0 Å². The summed E-state index contributed by atoms with van der Waals surface area (Å²) in [5.74, 6) is -4.53. The summed E-state index contributed by atoms with van der Waals surface area (Å²) in [5, 5.41) is 53.6. The van der Waals surface area contributed by atoms with Gasteiger partial charge < -0.3 is 30.1 Å². The van der Waals surface area contributed by atoms with Crippen molar-refractivity contribution in [3.05, 3.63) is 53.1 Å². The molecule has 186 valence electrons. The second-order valence-electron chi connectivity index (χ2n) is 7.12. The molecule has 1 aliphatic heterocycles. The molecule has 0 spiro atoms. The summed E-state index contributed by atoms with van der Waals surface area (Å²) in [4.78, 5) is 0. The third kappa shape index (κ3) is 5.69. The number of aliphatic hydroxyl groups excluding tert-OH is 3. The van der Waals surface area contributed by atoms with Crippen molar-refractivity contribution in [2.75, 3.05) is 13.7 Å². The highest BCUT2D eigenvalue weighted by Gasteiger charge is 2.44. The summed E-state index contributed by atoms with van der Waals surface area (Å²) >= 11 is 0.869. The summed E-state index contributed by atoms with van der Waals surface area (Å²) in [6.07, 6.45) is -3.07. The highest BCUT2D eigenvalue weighted by atomic mass is 32.2. The zero-order valence-corrected chi connectivity index (χ0v) is 18.7. The topological polar surface area (TPSA) is 177 Å². The van der Waals surface area contributed by atoms with E-state index in [1.54, 1.807) is 0 Å². The first-order valence-electron chi connectivity index (χ1n) is 9.83. The second-order valence-corrected chi connectivity index (χ2v) is 8.24. The molecule has 0 saturated carbocycles. The maximum Gasteiger partial charge on any atom is 0.204 e. The van der Waals surface area contributed by atoms with Crippen LogP contribution in [0.2, 0.25) is 0 Å². The average molecular weight is 512 g/mol. The molecule has 1 aromatic heterocycles. The quantitative estimate of drug-likeness (QED) is 0.256. The van der Waals surface area contributed by atoms with Crippen molar-refractivity contribution in [2.24, 2.45) is 5.11 Å². The molecular weight excluding hydrogens is 493 g/mol. The molecule has 15 heteroatoms. The molecule has 1 aromatic carbocycles. The van der Waals surface area contributed by atoms with Gasteiger partial charge in [-0.3, -0.25) is 0 Å². The zero-order valence-electron chi connectivity index (χ0n) is 17.9. The fourth-order valence-corrected chi connectivity index (χ4v) is 4.22. The van der Waals surface area contributed by atoms with Gasteiger partial charge >= 0.3 is 0 Å². The van der Waals surface area contributed by atoms with Gasteiger partial charge in [-0.25, -0.2) is 18.7 Å². The van der Waals surface area contributed by atoms with Crippen LogP contribution in [0, 0.1) is 34.3 Å². The summed E-state index contributed by atoms with van der Waals surface area (Å²) in [7, 11) is 1.33. The predicted molar refractivity (Wildman–Crippen MR) is 113 cm³/mol. The van der Waals surface area contributed by atoms with Crippen LogP contribution in [0.5, 0.6) is 5.75 Å². The number of hydrogen-bond donors (Lipinski definition) is 5. The zero-order chi connectivity index (χ0) is 25.7. The van der Waals surface area contributed by atoms with Crippen LogP contribution in [-0.2, 0) is 4.74 Å². The molecule has 11 nitrogen and oxygen atoms in total. The van der Waals surface area contributed by atoms with Crippen molar-refractivity contribution in [1.29, 1.82) is 10.8 Å². The lowest BCUT2D eigenvalue weighted by atomic mass is 9.97. The largest absolute Gasteiger partial charge is 0.494 e. The maximum absolute atomic E-state index is 13.6. The van der Waals surface area contributed by atoms with Crippen LogP contribution >= 0.6 is 11.8 Å². The van der Waals surface area contributed by atoms with Gasteiger partial charge in [-0.15, -0.1) is 10.2 Å².